The van der Waals surface area contributed by atoms with Crippen LogP contribution < -0.4 is 53.4 Å². The summed E-state index contributed by atoms with van der Waals surface area (Å²) in [6, 6.07) is 11.7. The number of nitrogens with one attached hydrogen (secondary N) is 9. The number of Topliss-reactive ketones (excluding diaryl/α,β-unsaturated/α-hetero) is 2. The molecule has 0 bridgehead atoms. The normalized spacial score (nSPS) is 16.3. The highest BCUT2D eigenvalue weighted by Gasteiger charge is 2.50. The second-order valence-corrected chi connectivity index (χ2v) is 28.9. The van der Waals surface area contributed by atoms with Crippen LogP contribution in [0.15, 0.2) is 97.5 Å². The molecule has 112 heavy (non-hydrogen) atoms. The van der Waals surface area contributed by atoms with Crippen molar-refractivity contribution in [2.24, 2.45) is 22.3 Å². The van der Waals surface area contributed by atoms with Crippen LogP contribution in [-0.4, -0.2) is 214 Å². The quantitative estimate of drug-likeness (QED) is 0.0187. The number of aromatic amines is 2. The number of carboxylic acid groups (broad SMARTS) is 1. The lowest BCUT2D eigenvalue weighted by atomic mass is 9.76. The molecule has 0 unspecified atom stereocenters. The molecule has 2 aromatic heterocycles. The van der Waals surface area contributed by atoms with Gasteiger partial charge in [-0.3, -0.25) is 57.5 Å². The summed E-state index contributed by atoms with van der Waals surface area (Å²) in [6.45, 7) is 11.0. The van der Waals surface area contributed by atoms with Crippen LogP contribution in [0, 0.1) is 30.5 Å². The number of aliphatic hydroxyl groups excluding tert-OH is 3. The Balaban J connectivity index is 1.04. The number of likely N-dealkylation sites (tertiary alicyclic amines) is 1. The van der Waals surface area contributed by atoms with E-state index in [-0.39, 0.29) is 50.2 Å². The number of tetrazole rings is 1. The van der Waals surface area contributed by atoms with Gasteiger partial charge in [0, 0.05) is 63.5 Å². The first-order valence-electron chi connectivity index (χ1n) is 37.3. The number of hydrogen-bond acceptors (Lipinski definition) is 21. The van der Waals surface area contributed by atoms with E-state index >= 15 is 4.39 Å². The largest absolute Gasteiger partial charge is 0.494 e. The number of primary amides is 1. The van der Waals surface area contributed by atoms with Crippen molar-refractivity contribution in [2.75, 3.05) is 32.8 Å². The first-order chi connectivity index (χ1) is 53.2. The molecule has 0 saturated carbocycles. The van der Waals surface area contributed by atoms with E-state index in [4.69, 9.17) is 16.2 Å². The smallest absolute Gasteiger partial charge is 0.305 e. The topological polar surface area (TPSA) is 518 Å². The molecule has 34 heteroatoms. The van der Waals surface area contributed by atoms with Crippen LogP contribution in [0.25, 0.3) is 11.1 Å². The molecular formula is C78H103FN16O17. The van der Waals surface area contributed by atoms with E-state index in [1.807, 2.05) is 57.2 Å². The number of carboxylic acids is 1. The number of amides is 9. The SMILES string of the molecule is CCc1cc(OCCCCN)ccc1-c1ccc(C[C@H](NC(=O)[C@H](CC(=O)O)NC(=O)[C@H](CO)NC(=O)[C@@H](NC(=O)[C@@](C)(CC(=O)[C@@H](NC(=O)CCC(=O)[C@H](Cc2nn[nH]n2)NC(=O)[C@]2(C)CCN(CCc3cnc[nH]3)C2=O)[C@@H](C)O)Cc2ccccc2F)[C@@H](C)O)C(=O)N[C@@H](CCCc2cc(C)cc(C)c2)C(N)=O)cc1. The number of carbonyl (C=O) groups excluding carboxylic acids is 11. The summed E-state index contributed by atoms with van der Waals surface area (Å²) in [5.41, 5.74) is 14.6. The first-order valence-corrected chi connectivity index (χ1v) is 37.3. The highest BCUT2D eigenvalue weighted by molar-refractivity contribution is 6.07. The van der Waals surface area contributed by atoms with Gasteiger partial charge in [-0.2, -0.15) is 5.21 Å². The van der Waals surface area contributed by atoms with E-state index < -0.39 is 181 Å². The number of aromatic nitrogens is 6. The summed E-state index contributed by atoms with van der Waals surface area (Å²) in [6.07, 6.45) is -1.08. The Morgan fingerprint density at radius 3 is 2.03 bits per heavy atom. The summed E-state index contributed by atoms with van der Waals surface area (Å²) >= 11 is 0. The molecule has 604 valence electrons. The van der Waals surface area contributed by atoms with Crippen LogP contribution in [0.1, 0.15) is 137 Å². The number of unbranched alkanes of at least 4 members (excludes halogenated alkanes) is 1. The molecule has 4 aromatic carbocycles. The van der Waals surface area contributed by atoms with Gasteiger partial charge in [0.15, 0.2) is 17.4 Å². The molecular weight excluding hydrogens is 1450 g/mol. The number of halogens is 1. The van der Waals surface area contributed by atoms with Crippen LogP contribution in [0.4, 0.5) is 4.39 Å². The van der Waals surface area contributed by atoms with E-state index in [1.165, 1.54) is 43.3 Å². The molecule has 7 rings (SSSR count). The molecule has 1 aliphatic heterocycles. The van der Waals surface area contributed by atoms with Crippen LogP contribution in [0.3, 0.4) is 0 Å². The number of ether oxygens (including phenoxy) is 1. The number of hydrogen-bond donors (Lipinski definition) is 15. The van der Waals surface area contributed by atoms with Gasteiger partial charge in [0.25, 0.3) is 0 Å². The van der Waals surface area contributed by atoms with E-state index in [0.717, 1.165) is 71.8 Å². The molecule has 0 radical (unpaired) electrons. The molecule has 9 amide bonds. The summed E-state index contributed by atoms with van der Waals surface area (Å²) in [4.78, 5) is 176. The molecule has 33 nitrogen and oxygen atoms in total. The van der Waals surface area contributed by atoms with Crippen molar-refractivity contribution < 1.29 is 87.1 Å². The van der Waals surface area contributed by atoms with Crippen LogP contribution in [-0.2, 0) is 96.1 Å². The Bertz CT molecular complexity index is 4240. The second-order valence-electron chi connectivity index (χ2n) is 28.9. The number of carbonyl (C=O) groups is 12. The second kappa shape index (κ2) is 41.7. The summed E-state index contributed by atoms with van der Waals surface area (Å²) in [7, 11) is 0. The molecule has 11 atom stereocenters. The van der Waals surface area contributed by atoms with Crippen molar-refractivity contribution in [1.29, 1.82) is 0 Å². The van der Waals surface area contributed by atoms with Crippen molar-refractivity contribution in [3.05, 3.63) is 148 Å². The number of nitrogens with two attached hydrogens (primary N) is 2. The van der Waals surface area contributed by atoms with E-state index in [0.29, 0.717) is 50.1 Å². The standard InChI is InChI=1S/C78H103FN16O17/c1-8-50-36-54(112-31-12-11-28-80)22-23-55(50)51-20-18-48(19-21-51)35-59(70(105)84-57(69(81)104)17-13-14-49-33-44(2)32-45(3)34-49)85-71(106)60(38-66(102)103)86-72(107)61(42-96)87-73(108)68(47(5)98)90-74(109)77(6,39-52-15-9-10-16-56(52)79)40-63(100)67(46(4)97)89-65(101)25-24-62(99)58(37-64-91-93-94-92-64)88-75(110)78(7)27-30-95(76(78)111)29-26-53-41-82-43-83-53/h9-10,15-16,18-23,32-34,36,41,43,46-47,57-61,67-68,96-98H,8,11-14,17,24-31,35,37-40,42,80H2,1-7H3,(H2,81,104)(H,82,83)(H,84,105)(H,85,106)(H,86,107)(H,87,108)(H,88,110)(H,89,101)(H,90,109)(H,102,103)(H,91,92,93,94)/t46-,47-,57+,58+,59+,60+,61+,67+,68+,77-,78+/m1/s1. The van der Waals surface area contributed by atoms with Gasteiger partial charge >= 0.3 is 5.97 Å². The summed E-state index contributed by atoms with van der Waals surface area (Å²) in [5, 5.41) is 73.3. The fraction of sp³-hybridized carbons (Fsp3) is 0.487. The Morgan fingerprint density at radius 1 is 0.732 bits per heavy atom. The average Bonchev–Trinajstić information content (AvgIpc) is 1.64. The minimum Gasteiger partial charge on any atom is -0.494 e. The van der Waals surface area contributed by atoms with Crippen molar-refractivity contribution >= 4 is 70.7 Å². The zero-order valence-corrected chi connectivity index (χ0v) is 63.9. The third-order valence-corrected chi connectivity index (χ3v) is 19.7. The van der Waals surface area contributed by atoms with Crippen LogP contribution in [0.5, 0.6) is 5.75 Å². The zero-order valence-electron chi connectivity index (χ0n) is 63.9. The maximum absolute atomic E-state index is 15.6. The number of aliphatic carboxylic acids is 1. The van der Waals surface area contributed by atoms with Crippen molar-refractivity contribution in [3.63, 3.8) is 0 Å². The number of aryl methyl sites for hydroxylation is 4. The van der Waals surface area contributed by atoms with Gasteiger partial charge in [-0.25, -0.2) is 9.37 Å². The van der Waals surface area contributed by atoms with Crippen LogP contribution in [0.2, 0.25) is 0 Å². The number of aliphatic hydroxyl groups is 3. The fourth-order valence-electron chi connectivity index (χ4n) is 13.3. The Labute approximate surface area is 647 Å². The number of imidazole rings is 1. The summed E-state index contributed by atoms with van der Waals surface area (Å²) in [5.74, 6) is -12.7. The monoisotopic (exact) mass is 1550 g/mol. The number of nitrogens with zero attached hydrogens (tertiary/aromatic N) is 5. The maximum atomic E-state index is 15.6. The van der Waals surface area contributed by atoms with E-state index in [9.17, 15) is 78.0 Å². The van der Waals surface area contributed by atoms with E-state index in [2.05, 4.69) is 67.8 Å². The Hall–Kier alpha value is -11.2. The van der Waals surface area contributed by atoms with Gasteiger partial charge in [0.2, 0.25) is 53.2 Å². The lowest BCUT2D eigenvalue weighted by Gasteiger charge is -2.33. The van der Waals surface area contributed by atoms with Crippen LogP contribution >= 0.6 is 0 Å². The minimum absolute atomic E-state index is 0.00380. The van der Waals surface area contributed by atoms with Gasteiger partial charge in [-0.15, -0.1) is 10.2 Å². The number of rotatable bonds is 46. The predicted octanol–water partition coefficient (Wildman–Crippen LogP) is 0.980. The molecule has 3 heterocycles. The minimum atomic E-state index is -2.13. The molecule has 1 saturated heterocycles. The van der Waals surface area contributed by atoms with Crippen molar-refractivity contribution in [1.82, 2.24) is 72.7 Å². The molecule has 0 aliphatic carbocycles. The predicted molar refractivity (Wildman–Crippen MR) is 405 cm³/mol. The highest BCUT2D eigenvalue weighted by Crippen LogP contribution is 2.34. The molecule has 0 spiro atoms. The Morgan fingerprint density at radius 2 is 1.40 bits per heavy atom. The van der Waals surface area contributed by atoms with Gasteiger partial charge in [0.1, 0.15) is 53.2 Å². The maximum Gasteiger partial charge on any atom is 0.305 e. The molecule has 1 fully saturated rings. The van der Waals surface area contributed by atoms with Gasteiger partial charge in [-0.05, 0) is 144 Å². The lowest BCUT2D eigenvalue weighted by molar-refractivity contribution is -0.145. The first kappa shape index (κ1) is 88.0. The average molecular weight is 1560 g/mol. The fourth-order valence-corrected chi connectivity index (χ4v) is 13.3. The third kappa shape index (κ3) is 25.4. The van der Waals surface area contributed by atoms with Gasteiger partial charge in [0.05, 0.1) is 49.6 Å². The van der Waals surface area contributed by atoms with Gasteiger partial charge in [-0.1, -0.05) is 96.9 Å². The van der Waals surface area contributed by atoms with E-state index in [1.54, 1.807) is 30.5 Å². The van der Waals surface area contributed by atoms with Gasteiger partial charge < -0.3 is 83.7 Å². The number of benzene rings is 4. The molecule has 17 N–H and O–H groups in total. The zero-order chi connectivity index (χ0) is 82.0. The summed E-state index contributed by atoms with van der Waals surface area (Å²) < 4.78 is 21.5. The molecule has 6 aromatic rings. The van der Waals surface area contributed by atoms with Crippen molar-refractivity contribution in [3.8, 4) is 16.9 Å². The third-order valence-electron chi connectivity index (χ3n) is 19.7. The Kier molecular flexibility index (Phi) is 32.8. The lowest BCUT2D eigenvalue weighted by Crippen LogP contribution is -2.62. The highest BCUT2D eigenvalue weighted by atomic mass is 19.1. The molecule has 1 aliphatic rings. The number of ketones is 2. The number of H-pyrrole nitrogens is 2. The van der Waals surface area contributed by atoms with Crippen molar-refractivity contribution in [2.45, 2.75) is 199 Å².